The number of aromatic nitrogens is 2. The van der Waals surface area contributed by atoms with E-state index >= 15 is 0 Å². The van der Waals surface area contributed by atoms with Gasteiger partial charge in [0.1, 0.15) is 6.33 Å². The highest BCUT2D eigenvalue weighted by Gasteiger charge is 2.12. The van der Waals surface area contributed by atoms with E-state index in [-0.39, 0.29) is 6.61 Å². The molecule has 25 heavy (non-hydrogen) atoms. The van der Waals surface area contributed by atoms with Gasteiger partial charge in [-0.2, -0.15) is 4.21 Å². The van der Waals surface area contributed by atoms with Gasteiger partial charge in [-0.15, -0.1) is 0 Å². The van der Waals surface area contributed by atoms with Crippen LogP contribution in [0.4, 0.5) is 0 Å². The maximum atomic E-state index is 10.6. The van der Waals surface area contributed by atoms with Gasteiger partial charge in [-0.1, -0.05) is 24.3 Å². The van der Waals surface area contributed by atoms with Crippen molar-refractivity contribution < 1.29 is 22.4 Å². The molecule has 1 N–H and O–H groups in total. The predicted octanol–water partition coefficient (Wildman–Crippen LogP) is 2.97. The first-order valence-electron chi connectivity index (χ1n) is 7.32. The van der Waals surface area contributed by atoms with Crippen LogP contribution < -0.4 is 9.47 Å². The summed E-state index contributed by atoms with van der Waals surface area (Å²) in [7, 11) is 3.15. The Hall–Kier alpha value is -2.55. The van der Waals surface area contributed by atoms with Crippen molar-refractivity contribution in [1.29, 1.82) is 0 Å². The molecule has 0 bridgehead atoms. The molecular formula is C17H16N2O5S. The predicted molar refractivity (Wildman–Crippen MR) is 93.6 cm³/mol. The van der Waals surface area contributed by atoms with Crippen LogP contribution in [0.1, 0.15) is 5.56 Å². The van der Waals surface area contributed by atoms with Gasteiger partial charge in [-0.25, -0.2) is 9.97 Å². The largest absolute Gasteiger partial charge is 0.493 e. The van der Waals surface area contributed by atoms with E-state index in [9.17, 15) is 4.21 Å². The van der Waals surface area contributed by atoms with Gasteiger partial charge < -0.3 is 9.47 Å². The van der Waals surface area contributed by atoms with E-state index in [1.807, 2.05) is 30.3 Å². The number of hydrogen-bond donors (Lipinski definition) is 1. The zero-order valence-corrected chi connectivity index (χ0v) is 14.4. The summed E-state index contributed by atoms with van der Waals surface area (Å²) in [4.78, 5) is 8.67. The molecule has 0 spiro atoms. The molecular weight excluding hydrogens is 344 g/mol. The van der Waals surface area contributed by atoms with Crippen LogP contribution in [0.15, 0.2) is 42.7 Å². The van der Waals surface area contributed by atoms with Crippen molar-refractivity contribution in [3.8, 4) is 22.8 Å². The van der Waals surface area contributed by atoms with Crippen LogP contribution in [0, 0.1) is 0 Å². The first-order valence-corrected chi connectivity index (χ1v) is 8.35. The second-order valence-corrected chi connectivity index (χ2v) is 5.79. The van der Waals surface area contributed by atoms with Crippen LogP contribution in [0.2, 0.25) is 0 Å². The number of methoxy groups -OCH3 is 2. The Labute approximate surface area is 147 Å². The molecule has 0 saturated heterocycles. The highest BCUT2D eigenvalue weighted by atomic mass is 32.2. The quantitative estimate of drug-likeness (QED) is 0.676. The second kappa shape index (κ2) is 7.56. The lowest BCUT2D eigenvalue weighted by Crippen LogP contribution is -1.96. The molecule has 1 aromatic heterocycles. The SMILES string of the molecule is COc1cc2ncnc(-c3ccc(COS(=O)O)cc3)c2cc1OC. The van der Waals surface area contributed by atoms with E-state index < -0.39 is 11.4 Å². The third kappa shape index (κ3) is 3.76. The Kier molecular flexibility index (Phi) is 5.22. The number of hydrogen-bond acceptors (Lipinski definition) is 6. The number of nitrogens with zero attached hydrogens (tertiary/aromatic N) is 2. The van der Waals surface area contributed by atoms with E-state index in [2.05, 4.69) is 14.2 Å². The third-order valence-corrected chi connectivity index (χ3v) is 4.01. The minimum Gasteiger partial charge on any atom is -0.493 e. The fourth-order valence-electron chi connectivity index (χ4n) is 2.49. The van der Waals surface area contributed by atoms with Crippen LogP contribution >= 0.6 is 0 Å². The molecule has 0 fully saturated rings. The van der Waals surface area contributed by atoms with Crippen LogP contribution in [-0.4, -0.2) is 32.9 Å². The fraction of sp³-hybridized carbons (Fsp3) is 0.176. The van der Waals surface area contributed by atoms with Gasteiger partial charge >= 0.3 is 11.4 Å². The molecule has 7 nitrogen and oxygen atoms in total. The highest BCUT2D eigenvalue weighted by Crippen LogP contribution is 2.35. The van der Waals surface area contributed by atoms with Crippen LogP contribution in [0.5, 0.6) is 11.5 Å². The molecule has 3 aromatic rings. The molecule has 0 aliphatic rings. The van der Waals surface area contributed by atoms with Gasteiger partial charge in [0, 0.05) is 17.0 Å². The first kappa shape index (κ1) is 17.3. The van der Waals surface area contributed by atoms with Gasteiger partial charge in [-0.05, 0) is 11.6 Å². The first-order chi connectivity index (χ1) is 12.1. The van der Waals surface area contributed by atoms with Crippen molar-refractivity contribution in [2.75, 3.05) is 14.2 Å². The molecule has 0 saturated carbocycles. The Morgan fingerprint density at radius 3 is 2.36 bits per heavy atom. The van der Waals surface area contributed by atoms with Crippen molar-refractivity contribution in [2.24, 2.45) is 0 Å². The Balaban J connectivity index is 2.01. The summed E-state index contributed by atoms with van der Waals surface area (Å²) in [5, 5.41) is 0.834. The molecule has 3 rings (SSSR count). The summed E-state index contributed by atoms with van der Waals surface area (Å²) >= 11 is -2.28. The lowest BCUT2D eigenvalue weighted by Gasteiger charge is -2.11. The number of ether oxygens (including phenoxy) is 2. The van der Waals surface area contributed by atoms with Crippen molar-refractivity contribution in [3.05, 3.63) is 48.3 Å². The summed E-state index contributed by atoms with van der Waals surface area (Å²) in [6.07, 6.45) is 1.50. The number of benzene rings is 2. The summed E-state index contributed by atoms with van der Waals surface area (Å²) in [5.41, 5.74) is 3.16. The monoisotopic (exact) mass is 360 g/mol. The number of fused-ring (bicyclic) bond motifs is 1. The van der Waals surface area contributed by atoms with Gasteiger partial charge in [0.15, 0.2) is 11.5 Å². The van der Waals surface area contributed by atoms with Crippen LogP contribution in [-0.2, 0) is 22.2 Å². The standard InChI is InChI=1S/C17H16N2O5S/c1-22-15-7-13-14(8-16(15)23-2)18-10-19-17(13)12-5-3-11(4-6-12)9-24-25(20)21/h3-8,10H,9H2,1-2H3,(H,20,21). The topological polar surface area (TPSA) is 90.8 Å². The van der Waals surface area contributed by atoms with E-state index in [4.69, 9.17) is 14.0 Å². The molecule has 130 valence electrons. The molecule has 2 aromatic carbocycles. The highest BCUT2D eigenvalue weighted by molar-refractivity contribution is 7.74. The third-order valence-electron chi connectivity index (χ3n) is 3.69. The van der Waals surface area contributed by atoms with Gasteiger partial charge in [0.25, 0.3) is 0 Å². The van der Waals surface area contributed by atoms with Crippen molar-refractivity contribution in [1.82, 2.24) is 9.97 Å². The minimum atomic E-state index is -2.28. The fourth-order valence-corrected chi connectivity index (χ4v) is 2.73. The minimum absolute atomic E-state index is 0.0545. The summed E-state index contributed by atoms with van der Waals surface area (Å²) in [6.45, 7) is 0.0545. The maximum absolute atomic E-state index is 10.6. The molecule has 0 amide bonds. The lowest BCUT2D eigenvalue weighted by molar-refractivity contribution is 0.297. The molecule has 0 radical (unpaired) electrons. The maximum Gasteiger partial charge on any atom is 0.302 e. The van der Waals surface area contributed by atoms with Crippen LogP contribution in [0.25, 0.3) is 22.2 Å². The molecule has 8 heteroatoms. The van der Waals surface area contributed by atoms with Crippen LogP contribution in [0.3, 0.4) is 0 Å². The molecule has 1 unspecified atom stereocenters. The van der Waals surface area contributed by atoms with E-state index in [1.54, 1.807) is 20.3 Å². The van der Waals surface area contributed by atoms with Gasteiger partial charge in [-0.3, -0.25) is 8.74 Å². The molecule has 0 aliphatic carbocycles. The Morgan fingerprint density at radius 1 is 1.04 bits per heavy atom. The van der Waals surface area contributed by atoms with Gasteiger partial charge in [0.2, 0.25) is 0 Å². The van der Waals surface area contributed by atoms with E-state index in [0.717, 1.165) is 27.7 Å². The second-order valence-electron chi connectivity index (χ2n) is 5.12. The van der Waals surface area contributed by atoms with E-state index in [1.165, 1.54) is 6.33 Å². The smallest absolute Gasteiger partial charge is 0.302 e. The zero-order chi connectivity index (χ0) is 17.8. The average molecular weight is 360 g/mol. The zero-order valence-electron chi connectivity index (χ0n) is 13.6. The Bertz CT molecular complexity index is 915. The summed E-state index contributed by atoms with van der Waals surface area (Å²) < 4.78 is 34.6. The van der Waals surface area contributed by atoms with Crippen molar-refractivity contribution in [3.63, 3.8) is 0 Å². The molecule has 1 atom stereocenters. The molecule has 0 aliphatic heterocycles. The normalized spacial score (nSPS) is 12.1. The van der Waals surface area contributed by atoms with E-state index in [0.29, 0.717) is 11.5 Å². The van der Waals surface area contributed by atoms with Crippen molar-refractivity contribution in [2.45, 2.75) is 6.61 Å². The average Bonchev–Trinajstić information content (AvgIpc) is 2.65. The summed E-state index contributed by atoms with van der Waals surface area (Å²) in [5.74, 6) is 1.20. The lowest BCUT2D eigenvalue weighted by atomic mass is 10.0. The number of rotatable bonds is 6. The summed E-state index contributed by atoms with van der Waals surface area (Å²) in [6, 6.07) is 11.0. The van der Waals surface area contributed by atoms with Crippen molar-refractivity contribution >= 4 is 22.3 Å². The van der Waals surface area contributed by atoms with Gasteiger partial charge in [0.05, 0.1) is 32.0 Å². The molecule has 1 heterocycles. The Morgan fingerprint density at radius 2 is 1.72 bits per heavy atom.